The highest BCUT2D eigenvalue weighted by Crippen LogP contribution is 2.31. The molecule has 104 valence electrons. The van der Waals surface area contributed by atoms with Gasteiger partial charge in [0.2, 0.25) is 5.91 Å². The second kappa shape index (κ2) is 6.57. The summed E-state index contributed by atoms with van der Waals surface area (Å²) in [6.45, 7) is 3.85. The molecule has 1 aromatic carbocycles. The molecule has 0 radical (unpaired) electrons. The predicted molar refractivity (Wildman–Crippen MR) is 76.4 cm³/mol. The van der Waals surface area contributed by atoms with Gasteiger partial charge in [0.1, 0.15) is 5.75 Å². The highest BCUT2D eigenvalue weighted by atomic mass is 16.5. The molecule has 0 spiro atoms. The minimum atomic E-state index is -0.0869. The van der Waals surface area contributed by atoms with Gasteiger partial charge in [0.15, 0.2) is 0 Å². The molecule has 4 heteroatoms. The van der Waals surface area contributed by atoms with Gasteiger partial charge in [0.05, 0.1) is 18.2 Å². The summed E-state index contributed by atoms with van der Waals surface area (Å²) in [5, 5.41) is 0. The molecule has 0 bridgehead atoms. The molecule has 19 heavy (non-hydrogen) atoms. The van der Waals surface area contributed by atoms with E-state index in [1.807, 2.05) is 29.2 Å². The van der Waals surface area contributed by atoms with Gasteiger partial charge in [-0.1, -0.05) is 25.5 Å². The molecule has 2 rings (SSSR count). The van der Waals surface area contributed by atoms with Crippen LogP contribution in [0.4, 0.5) is 5.69 Å². The zero-order valence-electron chi connectivity index (χ0n) is 11.5. The van der Waals surface area contributed by atoms with Gasteiger partial charge in [0, 0.05) is 13.1 Å². The van der Waals surface area contributed by atoms with E-state index in [4.69, 9.17) is 10.5 Å². The maximum absolute atomic E-state index is 12.6. The van der Waals surface area contributed by atoms with E-state index in [0.29, 0.717) is 19.7 Å². The summed E-state index contributed by atoms with van der Waals surface area (Å²) < 4.78 is 5.68. The molecule has 0 saturated carbocycles. The molecule has 1 amide bonds. The van der Waals surface area contributed by atoms with E-state index in [0.717, 1.165) is 30.7 Å². The van der Waals surface area contributed by atoms with E-state index in [1.165, 1.54) is 0 Å². The van der Waals surface area contributed by atoms with Crippen molar-refractivity contribution >= 4 is 11.6 Å². The quantitative estimate of drug-likeness (QED) is 0.904. The number of nitrogens with zero attached hydrogens (tertiary/aromatic N) is 1. The molecule has 0 fully saturated rings. The van der Waals surface area contributed by atoms with Gasteiger partial charge >= 0.3 is 0 Å². The van der Waals surface area contributed by atoms with Gasteiger partial charge in [-0.25, -0.2) is 0 Å². The third kappa shape index (κ3) is 3.07. The normalized spacial score (nSPS) is 16.2. The van der Waals surface area contributed by atoms with Gasteiger partial charge in [0.25, 0.3) is 0 Å². The van der Waals surface area contributed by atoms with Gasteiger partial charge in [-0.05, 0) is 25.0 Å². The highest BCUT2D eigenvalue weighted by Gasteiger charge is 2.26. The predicted octanol–water partition coefficient (Wildman–Crippen LogP) is 2.18. The molecule has 1 heterocycles. The summed E-state index contributed by atoms with van der Waals surface area (Å²) in [6.07, 6.45) is 2.66. The molecule has 0 saturated heterocycles. The zero-order valence-corrected chi connectivity index (χ0v) is 11.5. The minimum absolute atomic E-state index is 0.0869. The van der Waals surface area contributed by atoms with Crippen LogP contribution in [0.15, 0.2) is 24.3 Å². The molecule has 0 aliphatic carbocycles. The first-order chi connectivity index (χ1) is 9.27. The molecule has 2 N–H and O–H groups in total. The smallest absolute Gasteiger partial charge is 0.231 e. The van der Waals surface area contributed by atoms with Crippen molar-refractivity contribution in [1.82, 2.24) is 0 Å². The summed E-state index contributed by atoms with van der Waals surface area (Å²) in [5.41, 5.74) is 6.62. The fourth-order valence-electron chi connectivity index (χ4n) is 2.47. The Labute approximate surface area is 114 Å². The SMILES string of the molecule is CCCC(CN)C(=O)N1CCCOc2ccccc21. The van der Waals surface area contributed by atoms with E-state index in [2.05, 4.69) is 6.92 Å². The number of amides is 1. The summed E-state index contributed by atoms with van der Waals surface area (Å²) in [5.74, 6) is 0.832. The van der Waals surface area contributed by atoms with Crippen molar-refractivity contribution in [3.63, 3.8) is 0 Å². The summed E-state index contributed by atoms with van der Waals surface area (Å²) >= 11 is 0. The molecule has 1 atom stereocenters. The van der Waals surface area contributed by atoms with Crippen LogP contribution in [0.25, 0.3) is 0 Å². The van der Waals surface area contributed by atoms with Crippen LogP contribution in [0.2, 0.25) is 0 Å². The maximum Gasteiger partial charge on any atom is 0.231 e. The number of hydrogen-bond acceptors (Lipinski definition) is 3. The van der Waals surface area contributed by atoms with E-state index >= 15 is 0 Å². The Morgan fingerprint density at radius 2 is 2.26 bits per heavy atom. The number of nitrogens with two attached hydrogens (primary N) is 1. The van der Waals surface area contributed by atoms with Crippen LogP contribution >= 0.6 is 0 Å². The van der Waals surface area contributed by atoms with Crippen molar-refractivity contribution < 1.29 is 9.53 Å². The molecule has 0 aromatic heterocycles. The summed E-state index contributed by atoms with van der Waals surface area (Å²) in [7, 11) is 0. The number of fused-ring (bicyclic) bond motifs is 1. The highest BCUT2D eigenvalue weighted by molar-refractivity contribution is 5.96. The van der Waals surface area contributed by atoms with Gasteiger partial charge in [-0.15, -0.1) is 0 Å². The summed E-state index contributed by atoms with van der Waals surface area (Å²) in [4.78, 5) is 14.5. The van der Waals surface area contributed by atoms with Gasteiger partial charge < -0.3 is 15.4 Å². The first-order valence-electron chi connectivity index (χ1n) is 7.01. The van der Waals surface area contributed by atoms with Crippen LogP contribution in [0.1, 0.15) is 26.2 Å². The number of rotatable bonds is 4. The lowest BCUT2D eigenvalue weighted by Crippen LogP contribution is -2.39. The Morgan fingerprint density at radius 1 is 1.47 bits per heavy atom. The van der Waals surface area contributed by atoms with Crippen LogP contribution in [-0.2, 0) is 4.79 Å². The van der Waals surface area contributed by atoms with Crippen LogP contribution < -0.4 is 15.4 Å². The Hall–Kier alpha value is -1.55. The minimum Gasteiger partial charge on any atom is -0.491 e. The molecular formula is C15H22N2O2. The fourth-order valence-corrected chi connectivity index (χ4v) is 2.47. The molecule has 1 unspecified atom stereocenters. The standard InChI is InChI=1S/C15H22N2O2/c1-2-6-12(11-16)15(18)17-9-5-10-19-14-8-4-3-7-13(14)17/h3-4,7-8,12H,2,5-6,9-11,16H2,1H3. The molecule has 4 nitrogen and oxygen atoms in total. The molecular weight excluding hydrogens is 240 g/mol. The first-order valence-corrected chi connectivity index (χ1v) is 7.01. The van der Waals surface area contributed by atoms with Crippen LogP contribution in [0.5, 0.6) is 5.75 Å². The fraction of sp³-hybridized carbons (Fsp3) is 0.533. The number of ether oxygens (including phenoxy) is 1. The average Bonchev–Trinajstić information content (AvgIpc) is 2.66. The Balaban J connectivity index is 2.25. The average molecular weight is 262 g/mol. The van der Waals surface area contributed by atoms with E-state index < -0.39 is 0 Å². The van der Waals surface area contributed by atoms with Crippen molar-refractivity contribution in [3.05, 3.63) is 24.3 Å². The monoisotopic (exact) mass is 262 g/mol. The third-order valence-electron chi connectivity index (χ3n) is 3.48. The second-order valence-electron chi connectivity index (χ2n) is 4.88. The number of carbonyl (C=O) groups is 1. The Bertz CT molecular complexity index is 434. The van der Waals surface area contributed by atoms with E-state index in [-0.39, 0.29) is 11.8 Å². The summed E-state index contributed by atoms with van der Waals surface area (Å²) in [6, 6.07) is 7.72. The molecule has 1 aliphatic heterocycles. The third-order valence-corrected chi connectivity index (χ3v) is 3.48. The zero-order chi connectivity index (χ0) is 13.7. The lowest BCUT2D eigenvalue weighted by molar-refractivity contribution is -0.122. The van der Waals surface area contributed by atoms with E-state index in [1.54, 1.807) is 0 Å². The van der Waals surface area contributed by atoms with Crippen molar-refractivity contribution in [2.45, 2.75) is 26.2 Å². The van der Waals surface area contributed by atoms with Crippen molar-refractivity contribution in [3.8, 4) is 5.75 Å². The first kappa shape index (κ1) is 13.9. The lowest BCUT2D eigenvalue weighted by atomic mass is 10.0. The van der Waals surface area contributed by atoms with Gasteiger partial charge in [-0.3, -0.25) is 4.79 Å². The number of carbonyl (C=O) groups excluding carboxylic acids is 1. The van der Waals surface area contributed by atoms with Crippen molar-refractivity contribution in [2.24, 2.45) is 11.7 Å². The molecule has 1 aliphatic rings. The topological polar surface area (TPSA) is 55.6 Å². The number of anilines is 1. The maximum atomic E-state index is 12.6. The van der Waals surface area contributed by atoms with Gasteiger partial charge in [-0.2, -0.15) is 0 Å². The van der Waals surface area contributed by atoms with Crippen LogP contribution in [-0.4, -0.2) is 25.6 Å². The van der Waals surface area contributed by atoms with E-state index in [9.17, 15) is 4.79 Å². The number of benzene rings is 1. The lowest BCUT2D eigenvalue weighted by Gasteiger charge is -2.26. The van der Waals surface area contributed by atoms with Crippen LogP contribution in [0, 0.1) is 5.92 Å². The second-order valence-corrected chi connectivity index (χ2v) is 4.88. The van der Waals surface area contributed by atoms with Crippen LogP contribution in [0.3, 0.4) is 0 Å². The Morgan fingerprint density at radius 3 is 3.00 bits per heavy atom. The largest absolute Gasteiger partial charge is 0.491 e. The molecule has 1 aromatic rings. The van der Waals surface area contributed by atoms with Crippen molar-refractivity contribution in [2.75, 3.05) is 24.6 Å². The van der Waals surface area contributed by atoms with Crippen molar-refractivity contribution in [1.29, 1.82) is 0 Å². The Kier molecular flexibility index (Phi) is 4.80. The number of hydrogen-bond donors (Lipinski definition) is 1. The number of para-hydroxylation sites is 2.